The number of rotatable bonds is 10. The van der Waals surface area contributed by atoms with Crippen LogP contribution in [0.5, 0.6) is 0 Å². The molecule has 0 aromatic rings. The Morgan fingerprint density at radius 2 is 1.44 bits per heavy atom. The molecule has 0 aromatic heterocycles. The molecule has 0 aliphatic carbocycles. The highest BCUT2D eigenvalue weighted by Crippen LogP contribution is 2.30. The van der Waals surface area contributed by atoms with Crippen molar-refractivity contribution >= 4 is 15.9 Å². The van der Waals surface area contributed by atoms with Gasteiger partial charge in [-0.25, -0.2) is 0 Å². The molecular formula is C15H31Br. The Hall–Kier alpha value is 0.480. The third-order valence-electron chi connectivity index (χ3n) is 3.37. The fourth-order valence-electron chi connectivity index (χ4n) is 2.17. The van der Waals surface area contributed by atoms with Gasteiger partial charge in [0, 0.05) is 5.33 Å². The fraction of sp³-hybridized carbons (Fsp3) is 1.00. The van der Waals surface area contributed by atoms with Crippen molar-refractivity contribution in [1.82, 2.24) is 0 Å². The van der Waals surface area contributed by atoms with E-state index in [4.69, 9.17) is 0 Å². The monoisotopic (exact) mass is 290 g/mol. The van der Waals surface area contributed by atoms with Crippen LogP contribution in [0.4, 0.5) is 0 Å². The van der Waals surface area contributed by atoms with Crippen molar-refractivity contribution in [3.63, 3.8) is 0 Å². The van der Waals surface area contributed by atoms with E-state index in [0.717, 1.165) is 5.92 Å². The summed E-state index contributed by atoms with van der Waals surface area (Å²) in [4.78, 5) is 0. The van der Waals surface area contributed by atoms with E-state index in [1.54, 1.807) is 0 Å². The molecule has 0 amide bonds. The summed E-state index contributed by atoms with van der Waals surface area (Å²) in [5.74, 6) is 0.870. The van der Waals surface area contributed by atoms with Crippen LogP contribution in [0.25, 0.3) is 0 Å². The highest BCUT2D eigenvalue weighted by Gasteiger charge is 2.16. The quantitative estimate of drug-likeness (QED) is 0.333. The van der Waals surface area contributed by atoms with Gasteiger partial charge in [-0.15, -0.1) is 0 Å². The van der Waals surface area contributed by atoms with Crippen LogP contribution in [-0.2, 0) is 0 Å². The molecule has 0 spiro atoms. The average molecular weight is 291 g/mol. The molecule has 0 aliphatic heterocycles. The van der Waals surface area contributed by atoms with Crippen molar-refractivity contribution < 1.29 is 0 Å². The lowest BCUT2D eigenvalue weighted by Gasteiger charge is -2.25. The summed E-state index contributed by atoms with van der Waals surface area (Å²) < 4.78 is 0. The Bertz CT molecular complexity index is 150. The maximum atomic E-state index is 3.49. The maximum Gasteiger partial charge on any atom is 0.00313 e. The van der Waals surface area contributed by atoms with E-state index in [1.807, 2.05) is 0 Å². The predicted molar refractivity (Wildman–Crippen MR) is 79.3 cm³/mol. The first-order valence-corrected chi connectivity index (χ1v) is 8.16. The van der Waals surface area contributed by atoms with Gasteiger partial charge in [0.05, 0.1) is 0 Å². The minimum Gasteiger partial charge on any atom is -0.0928 e. The molecule has 0 rings (SSSR count). The number of hydrogen-bond donors (Lipinski definition) is 0. The van der Waals surface area contributed by atoms with Crippen molar-refractivity contribution in [2.24, 2.45) is 11.3 Å². The predicted octanol–water partition coefficient (Wildman–Crippen LogP) is 6.18. The van der Waals surface area contributed by atoms with Crippen LogP contribution in [-0.4, -0.2) is 5.33 Å². The minimum absolute atomic E-state index is 0.573. The number of unbranched alkanes of at least 4 members (excludes halogenated alkanes) is 3. The third kappa shape index (κ3) is 11.0. The lowest BCUT2D eigenvalue weighted by molar-refractivity contribution is 0.278. The third-order valence-corrected chi connectivity index (χ3v) is 3.93. The Kier molecular flexibility index (Phi) is 9.79. The molecule has 98 valence electrons. The van der Waals surface area contributed by atoms with Crippen LogP contribution >= 0.6 is 15.9 Å². The number of alkyl halides is 1. The molecule has 0 aromatic carbocycles. The van der Waals surface area contributed by atoms with Gasteiger partial charge in [-0.05, 0) is 30.6 Å². The fourth-order valence-corrected chi connectivity index (χ4v) is 2.56. The molecule has 0 bridgehead atoms. The van der Waals surface area contributed by atoms with Crippen LogP contribution in [0.3, 0.4) is 0 Å². The first-order chi connectivity index (χ1) is 7.48. The first kappa shape index (κ1) is 16.5. The smallest absolute Gasteiger partial charge is 0.00313 e. The molecule has 16 heavy (non-hydrogen) atoms. The maximum absolute atomic E-state index is 3.49. The molecule has 1 heteroatoms. The number of halogens is 1. The van der Waals surface area contributed by atoms with E-state index in [9.17, 15) is 0 Å². The standard InChI is InChI=1S/C15H31Br/c1-14(2)10-9-12-15(3,4)11-7-5-6-8-13-16/h14H,5-13H2,1-4H3. The summed E-state index contributed by atoms with van der Waals surface area (Å²) in [6, 6.07) is 0. The zero-order valence-corrected chi connectivity index (χ0v) is 13.4. The molecule has 0 aliphatic rings. The minimum atomic E-state index is 0.573. The van der Waals surface area contributed by atoms with Gasteiger partial charge in [0.25, 0.3) is 0 Å². The molecule has 0 unspecified atom stereocenters. The lowest BCUT2D eigenvalue weighted by atomic mass is 9.81. The molecular weight excluding hydrogens is 260 g/mol. The first-order valence-electron chi connectivity index (χ1n) is 7.04. The summed E-state index contributed by atoms with van der Waals surface area (Å²) in [6.45, 7) is 9.54. The van der Waals surface area contributed by atoms with Crippen LogP contribution in [0.15, 0.2) is 0 Å². The second kappa shape index (κ2) is 9.50. The largest absolute Gasteiger partial charge is 0.0928 e. The second-order valence-corrected chi connectivity index (χ2v) is 7.10. The Balaban J connectivity index is 3.46. The van der Waals surface area contributed by atoms with Gasteiger partial charge in [0.1, 0.15) is 0 Å². The molecule has 0 fully saturated rings. The normalized spacial score (nSPS) is 12.4. The van der Waals surface area contributed by atoms with E-state index < -0.39 is 0 Å². The van der Waals surface area contributed by atoms with E-state index >= 15 is 0 Å². The van der Waals surface area contributed by atoms with Gasteiger partial charge >= 0.3 is 0 Å². The molecule has 0 N–H and O–H groups in total. The highest BCUT2D eigenvalue weighted by molar-refractivity contribution is 9.09. The van der Waals surface area contributed by atoms with E-state index in [2.05, 4.69) is 43.6 Å². The average Bonchev–Trinajstić information content (AvgIpc) is 2.16. The van der Waals surface area contributed by atoms with Gasteiger partial charge in [-0.2, -0.15) is 0 Å². The van der Waals surface area contributed by atoms with E-state index in [0.29, 0.717) is 5.41 Å². The zero-order chi connectivity index (χ0) is 12.4. The summed E-state index contributed by atoms with van der Waals surface area (Å²) in [5.41, 5.74) is 0.573. The summed E-state index contributed by atoms with van der Waals surface area (Å²) in [5, 5.41) is 1.17. The Morgan fingerprint density at radius 3 is 2.00 bits per heavy atom. The van der Waals surface area contributed by atoms with Crippen molar-refractivity contribution in [1.29, 1.82) is 0 Å². The van der Waals surface area contributed by atoms with E-state index in [-0.39, 0.29) is 0 Å². The summed E-state index contributed by atoms with van der Waals surface area (Å²) in [7, 11) is 0. The summed E-state index contributed by atoms with van der Waals surface area (Å²) in [6.07, 6.45) is 11.2. The van der Waals surface area contributed by atoms with Crippen molar-refractivity contribution in [2.45, 2.75) is 79.1 Å². The van der Waals surface area contributed by atoms with E-state index in [1.165, 1.54) is 56.7 Å². The van der Waals surface area contributed by atoms with Crippen molar-refractivity contribution in [3.8, 4) is 0 Å². The second-order valence-electron chi connectivity index (χ2n) is 6.30. The zero-order valence-electron chi connectivity index (χ0n) is 11.8. The lowest BCUT2D eigenvalue weighted by Crippen LogP contribution is -2.11. The molecule has 0 saturated carbocycles. The molecule has 0 radical (unpaired) electrons. The SMILES string of the molecule is CC(C)CCCC(C)(C)CCCCCCBr. The Labute approximate surface area is 112 Å². The van der Waals surface area contributed by atoms with Crippen LogP contribution in [0.2, 0.25) is 0 Å². The molecule has 0 nitrogen and oxygen atoms in total. The topological polar surface area (TPSA) is 0 Å². The number of hydrogen-bond acceptors (Lipinski definition) is 0. The van der Waals surface area contributed by atoms with Gasteiger partial charge in [0.2, 0.25) is 0 Å². The summed E-state index contributed by atoms with van der Waals surface area (Å²) >= 11 is 3.49. The van der Waals surface area contributed by atoms with Crippen molar-refractivity contribution in [3.05, 3.63) is 0 Å². The Morgan fingerprint density at radius 1 is 0.875 bits per heavy atom. The van der Waals surface area contributed by atoms with Gasteiger partial charge in [0.15, 0.2) is 0 Å². The highest BCUT2D eigenvalue weighted by atomic mass is 79.9. The van der Waals surface area contributed by atoms with Crippen LogP contribution in [0, 0.1) is 11.3 Å². The van der Waals surface area contributed by atoms with Gasteiger partial charge in [-0.3, -0.25) is 0 Å². The van der Waals surface area contributed by atoms with Crippen molar-refractivity contribution in [2.75, 3.05) is 5.33 Å². The van der Waals surface area contributed by atoms with Crippen LogP contribution < -0.4 is 0 Å². The molecule has 0 atom stereocenters. The van der Waals surface area contributed by atoms with Gasteiger partial charge in [-0.1, -0.05) is 75.7 Å². The molecule has 0 heterocycles. The molecule has 0 saturated heterocycles. The van der Waals surface area contributed by atoms with Crippen LogP contribution in [0.1, 0.15) is 79.1 Å². The van der Waals surface area contributed by atoms with Gasteiger partial charge < -0.3 is 0 Å².